The van der Waals surface area contributed by atoms with Gasteiger partial charge in [-0.1, -0.05) is 18.2 Å². The number of fused-ring (bicyclic) bond motifs is 6. The highest BCUT2D eigenvalue weighted by molar-refractivity contribution is 7.12. The fourth-order valence-corrected chi connectivity index (χ4v) is 5.77. The number of aromatic nitrogens is 1. The average Bonchev–Trinajstić information content (AvgIpc) is 3.13. The van der Waals surface area contributed by atoms with E-state index in [4.69, 9.17) is 11.6 Å². The molecule has 1 N–H and O–H groups in total. The lowest BCUT2D eigenvalue weighted by molar-refractivity contribution is 0.161. The number of thiophene rings is 1. The van der Waals surface area contributed by atoms with Gasteiger partial charge in [-0.2, -0.15) is 0 Å². The highest BCUT2D eigenvalue weighted by atomic mass is 35.5. The second-order valence-corrected chi connectivity index (χ2v) is 8.20. The van der Waals surface area contributed by atoms with Gasteiger partial charge in [0.25, 0.3) is 0 Å². The van der Waals surface area contributed by atoms with Crippen LogP contribution in [0.4, 0.5) is 0 Å². The number of nitrogens with zero attached hydrogens (tertiary/aromatic N) is 1. The Labute approximate surface area is 145 Å². The molecule has 0 bridgehead atoms. The molecule has 3 aromatic rings. The van der Waals surface area contributed by atoms with Crippen molar-refractivity contribution in [1.82, 2.24) is 9.88 Å². The number of hydrogen-bond acceptors (Lipinski definition) is 2. The van der Waals surface area contributed by atoms with Crippen molar-refractivity contribution >= 4 is 33.8 Å². The molecule has 23 heavy (non-hydrogen) atoms. The topological polar surface area (TPSA) is 19.0 Å². The van der Waals surface area contributed by atoms with E-state index in [1.165, 1.54) is 40.0 Å². The van der Waals surface area contributed by atoms with Gasteiger partial charge in [0.1, 0.15) is 0 Å². The first-order valence-corrected chi connectivity index (χ1v) is 9.68. The Balaban J connectivity index is 1.58. The molecule has 5 rings (SSSR count). The largest absolute Gasteiger partial charge is 0.357 e. The Bertz CT molecular complexity index is 879. The van der Waals surface area contributed by atoms with E-state index in [0.717, 1.165) is 25.3 Å². The molecule has 2 nitrogen and oxygen atoms in total. The van der Waals surface area contributed by atoms with Crippen molar-refractivity contribution in [2.24, 2.45) is 0 Å². The number of aromatic amines is 1. The minimum absolute atomic E-state index is 0.547. The lowest BCUT2D eigenvalue weighted by atomic mass is 9.89. The van der Waals surface area contributed by atoms with Crippen LogP contribution in [0.2, 0.25) is 0 Å². The van der Waals surface area contributed by atoms with Crippen LogP contribution < -0.4 is 0 Å². The summed E-state index contributed by atoms with van der Waals surface area (Å²) in [6, 6.07) is 11.7. The van der Waals surface area contributed by atoms with E-state index in [2.05, 4.69) is 40.2 Å². The summed E-state index contributed by atoms with van der Waals surface area (Å²) in [6.45, 7) is 2.22. The molecule has 2 aliphatic rings. The predicted octanol–water partition coefficient (Wildman–Crippen LogP) is 4.67. The van der Waals surface area contributed by atoms with Gasteiger partial charge in [0.15, 0.2) is 0 Å². The first kappa shape index (κ1) is 14.1. The molecule has 118 valence electrons. The summed E-state index contributed by atoms with van der Waals surface area (Å²) in [5.74, 6) is 0.723. The monoisotopic (exact) mass is 342 g/mol. The van der Waals surface area contributed by atoms with Crippen LogP contribution in [0.1, 0.15) is 32.6 Å². The van der Waals surface area contributed by atoms with Crippen molar-refractivity contribution in [3.8, 4) is 0 Å². The van der Waals surface area contributed by atoms with Crippen molar-refractivity contribution in [1.29, 1.82) is 0 Å². The summed E-state index contributed by atoms with van der Waals surface area (Å²) >= 11 is 7.93. The molecule has 2 aromatic heterocycles. The number of alkyl halides is 1. The van der Waals surface area contributed by atoms with Crippen LogP contribution >= 0.6 is 22.9 Å². The smallest absolute Gasteiger partial charge is 0.0459 e. The second kappa shape index (κ2) is 5.37. The summed E-state index contributed by atoms with van der Waals surface area (Å²) < 4.78 is 0. The number of H-pyrrole nitrogens is 1. The normalized spacial score (nSPS) is 20.3. The number of rotatable bonds is 2. The van der Waals surface area contributed by atoms with Gasteiger partial charge in [0.05, 0.1) is 0 Å². The van der Waals surface area contributed by atoms with E-state index < -0.39 is 0 Å². The van der Waals surface area contributed by atoms with Gasteiger partial charge in [-0.25, -0.2) is 0 Å². The Morgan fingerprint density at radius 1 is 1.30 bits per heavy atom. The molecule has 0 fully saturated rings. The number of nitrogens with one attached hydrogen (secondary N) is 1. The van der Waals surface area contributed by atoms with E-state index in [9.17, 15) is 0 Å². The van der Waals surface area contributed by atoms with Crippen molar-refractivity contribution in [2.75, 3.05) is 12.4 Å². The van der Waals surface area contributed by atoms with Crippen molar-refractivity contribution in [3.63, 3.8) is 0 Å². The van der Waals surface area contributed by atoms with Crippen LogP contribution in [-0.4, -0.2) is 22.3 Å². The summed E-state index contributed by atoms with van der Waals surface area (Å²) in [6.07, 6.45) is 3.32. The van der Waals surface area contributed by atoms with Gasteiger partial charge < -0.3 is 4.98 Å². The highest BCUT2D eigenvalue weighted by Gasteiger charge is 2.34. The molecule has 0 unspecified atom stereocenters. The van der Waals surface area contributed by atoms with Crippen LogP contribution in [0.5, 0.6) is 0 Å². The molecule has 1 aromatic carbocycles. The number of hydrogen-bond donors (Lipinski definition) is 1. The van der Waals surface area contributed by atoms with Gasteiger partial charge in [-0.05, 0) is 42.5 Å². The maximum atomic E-state index is 5.95. The van der Waals surface area contributed by atoms with Gasteiger partial charge in [-0.3, -0.25) is 4.90 Å². The summed E-state index contributed by atoms with van der Waals surface area (Å²) in [5.41, 5.74) is 5.80. The Kier molecular flexibility index (Phi) is 3.29. The Hall–Kier alpha value is -1.29. The van der Waals surface area contributed by atoms with Crippen LogP contribution in [-0.2, 0) is 25.8 Å². The van der Waals surface area contributed by atoms with Crippen LogP contribution in [0.15, 0.2) is 30.3 Å². The predicted molar refractivity (Wildman–Crippen MR) is 97.6 cm³/mol. The molecule has 2 aliphatic heterocycles. The average molecular weight is 343 g/mol. The number of halogens is 1. The fourth-order valence-electron chi connectivity index (χ4n) is 4.24. The summed E-state index contributed by atoms with van der Waals surface area (Å²) in [4.78, 5) is 9.34. The van der Waals surface area contributed by atoms with Gasteiger partial charge in [0.2, 0.25) is 0 Å². The minimum atomic E-state index is 0.547. The molecule has 4 heteroatoms. The van der Waals surface area contributed by atoms with Crippen molar-refractivity contribution in [2.45, 2.75) is 31.8 Å². The third-order valence-corrected chi connectivity index (χ3v) is 6.78. The van der Waals surface area contributed by atoms with E-state index in [1.54, 1.807) is 10.4 Å². The molecule has 0 saturated heterocycles. The zero-order chi connectivity index (χ0) is 15.4. The maximum Gasteiger partial charge on any atom is 0.0459 e. The standard InChI is InChI=1S/C19H19ClN2S/c20-7-5-12-9-15-18-10-14-13-3-1-2-4-16(13)21-17(14)11-22(18)8-6-19(15)23-12/h1-4,9,18,21H,5-8,10-11H2/t18-/m0/s1. The Morgan fingerprint density at radius 2 is 2.22 bits per heavy atom. The first-order valence-electron chi connectivity index (χ1n) is 8.33. The summed E-state index contributed by atoms with van der Waals surface area (Å²) in [5, 5.41) is 1.41. The molecule has 0 saturated carbocycles. The van der Waals surface area contributed by atoms with Gasteiger partial charge in [0, 0.05) is 51.4 Å². The van der Waals surface area contributed by atoms with E-state index in [1.807, 2.05) is 11.3 Å². The lowest BCUT2D eigenvalue weighted by Crippen LogP contribution is -2.38. The van der Waals surface area contributed by atoms with E-state index >= 15 is 0 Å². The van der Waals surface area contributed by atoms with E-state index in [0.29, 0.717) is 6.04 Å². The molecule has 4 heterocycles. The Morgan fingerprint density at radius 3 is 3.13 bits per heavy atom. The minimum Gasteiger partial charge on any atom is -0.357 e. The van der Waals surface area contributed by atoms with Crippen molar-refractivity contribution in [3.05, 3.63) is 56.9 Å². The van der Waals surface area contributed by atoms with Crippen LogP contribution in [0.3, 0.4) is 0 Å². The van der Waals surface area contributed by atoms with Gasteiger partial charge in [-0.15, -0.1) is 22.9 Å². The van der Waals surface area contributed by atoms with Gasteiger partial charge >= 0.3 is 0 Å². The van der Waals surface area contributed by atoms with Crippen LogP contribution in [0.25, 0.3) is 10.9 Å². The molecule has 1 atom stereocenters. The molecular formula is C19H19ClN2S. The maximum absolute atomic E-state index is 5.95. The number of benzene rings is 1. The lowest BCUT2D eigenvalue weighted by Gasteiger charge is -2.39. The number of aryl methyl sites for hydroxylation is 1. The highest BCUT2D eigenvalue weighted by Crippen LogP contribution is 2.43. The first-order chi connectivity index (χ1) is 11.3. The zero-order valence-corrected chi connectivity index (χ0v) is 14.5. The quantitative estimate of drug-likeness (QED) is 0.671. The third kappa shape index (κ3) is 2.18. The molecule has 0 aliphatic carbocycles. The SMILES string of the molecule is ClCCc1cc2c(s1)CCN1Cc3[nH]c4ccccc4c3C[C@@H]21. The molecule has 0 amide bonds. The molecular weight excluding hydrogens is 324 g/mol. The summed E-state index contributed by atoms with van der Waals surface area (Å²) in [7, 11) is 0. The van der Waals surface area contributed by atoms with Crippen molar-refractivity contribution < 1.29 is 0 Å². The van der Waals surface area contributed by atoms with E-state index in [-0.39, 0.29) is 0 Å². The zero-order valence-electron chi connectivity index (χ0n) is 12.9. The second-order valence-electron chi connectivity index (χ2n) is 6.60. The third-order valence-electron chi connectivity index (χ3n) is 5.32. The fraction of sp³-hybridized carbons (Fsp3) is 0.368. The van der Waals surface area contributed by atoms with Crippen LogP contribution in [0, 0.1) is 0 Å². The molecule has 0 radical (unpaired) electrons. The molecule has 0 spiro atoms. The number of para-hydroxylation sites is 1.